The highest BCUT2D eigenvalue weighted by Gasteiger charge is 2.42. The number of para-hydroxylation sites is 1. The Labute approximate surface area is 260 Å². The zero-order chi connectivity index (χ0) is 29.7. The fourth-order valence-corrected chi connectivity index (χ4v) is 7.94. The number of rotatable bonds is 5. The quantitative estimate of drug-likeness (QED) is 0.234. The SMILES string of the molecule is Cc1cccc(C)c1-n1c(C)cc([C@@H]2[C@H](c3ccccn3)NC(=S)N2c2ccc(N3C[C@H](C)C[C@H](C)C3)c(Cl)c2)c1C. The zero-order valence-electron chi connectivity index (χ0n) is 25.4. The molecule has 0 aliphatic carbocycles. The number of halogens is 1. The lowest BCUT2D eigenvalue weighted by Crippen LogP contribution is -2.38. The fourth-order valence-electron chi connectivity index (χ4n) is 7.30. The molecule has 218 valence electrons. The number of aromatic nitrogens is 2. The first-order valence-corrected chi connectivity index (χ1v) is 15.7. The van der Waals surface area contributed by atoms with Crippen LogP contribution in [0.2, 0.25) is 5.02 Å². The van der Waals surface area contributed by atoms with Crippen molar-refractivity contribution < 1.29 is 0 Å². The van der Waals surface area contributed by atoms with Gasteiger partial charge < -0.3 is 19.7 Å². The van der Waals surface area contributed by atoms with E-state index in [1.165, 1.54) is 40.2 Å². The molecule has 2 aliphatic heterocycles. The van der Waals surface area contributed by atoms with E-state index in [4.69, 9.17) is 28.8 Å². The van der Waals surface area contributed by atoms with Gasteiger partial charge in [0.05, 0.1) is 34.2 Å². The largest absolute Gasteiger partial charge is 0.370 e. The van der Waals surface area contributed by atoms with E-state index in [1.54, 1.807) is 0 Å². The summed E-state index contributed by atoms with van der Waals surface area (Å²) in [5.74, 6) is 1.30. The molecule has 6 rings (SSSR count). The van der Waals surface area contributed by atoms with Crippen molar-refractivity contribution in [3.05, 3.63) is 106 Å². The lowest BCUT2D eigenvalue weighted by Gasteiger charge is -2.37. The second-order valence-electron chi connectivity index (χ2n) is 12.4. The number of anilines is 2. The van der Waals surface area contributed by atoms with Crippen molar-refractivity contribution in [2.45, 2.75) is 60.0 Å². The monoisotopic (exact) mass is 597 g/mol. The molecule has 0 saturated carbocycles. The molecular formula is C35H40ClN5S. The third-order valence-electron chi connectivity index (χ3n) is 8.97. The number of nitrogens with zero attached hydrogens (tertiary/aromatic N) is 4. The van der Waals surface area contributed by atoms with Crippen molar-refractivity contribution >= 4 is 40.3 Å². The van der Waals surface area contributed by atoms with Crippen LogP contribution < -0.4 is 15.1 Å². The summed E-state index contributed by atoms with van der Waals surface area (Å²) in [6, 6.07) is 21.1. The molecule has 0 unspecified atom stereocenters. The zero-order valence-corrected chi connectivity index (χ0v) is 26.9. The van der Waals surface area contributed by atoms with Crippen LogP contribution in [0.1, 0.15) is 66.1 Å². The third-order valence-corrected chi connectivity index (χ3v) is 9.59. The highest BCUT2D eigenvalue weighted by molar-refractivity contribution is 7.80. The molecule has 0 amide bonds. The Bertz CT molecular complexity index is 1600. The van der Waals surface area contributed by atoms with Crippen LogP contribution >= 0.6 is 23.8 Å². The molecule has 4 atom stereocenters. The van der Waals surface area contributed by atoms with Gasteiger partial charge in [-0.05, 0) is 111 Å². The molecule has 2 aliphatic rings. The minimum absolute atomic E-state index is 0.103. The van der Waals surface area contributed by atoms with E-state index in [9.17, 15) is 0 Å². The van der Waals surface area contributed by atoms with Crippen LogP contribution in [0.3, 0.4) is 0 Å². The predicted octanol–water partition coefficient (Wildman–Crippen LogP) is 8.42. The molecule has 0 bridgehead atoms. The molecule has 2 fully saturated rings. The second kappa shape index (κ2) is 11.4. The second-order valence-corrected chi connectivity index (χ2v) is 13.2. The Morgan fingerprint density at radius 2 is 1.62 bits per heavy atom. The number of nitrogens with one attached hydrogen (secondary N) is 1. The molecule has 7 heteroatoms. The molecular weight excluding hydrogens is 558 g/mol. The number of piperidine rings is 1. The number of hydrogen-bond acceptors (Lipinski definition) is 3. The van der Waals surface area contributed by atoms with Gasteiger partial charge in [-0.2, -0.15) is 0 Å². The maximum Gasteiger partial charge on any atom is 0.174 e. The summed E-state index contributed by atoms with van der Waals surface area (Å²) in [6.45, 7) is 15.5. The van der Waals surface area contributed by atoms with Gasteiger partial charge in [-0.3, -0.25) is 4.98 Å². The van der Waals surface area contributed by atoms with Crippen LogP contribution in [0.15, 0.2) is 66.9 Å². The first kappa shape index (κ1) is 28.8. The summed E-state index contributed by atoms with van der Waals surface area (Å²) in [7, 11) is 0. The molecule has 4 heterocycles. The Kier molecular flexibility index (Phi) is 7.79. The van der Waals surface area contributed by atoms with E-state index in [0.717, 1.165) is 35.2 Å². The summed E-state index contributed by atoms with van der Waals surface area (Å²) in [4.78, 5) is 9.44. The van der Waals surface area contributed by atoms with Gasteiger partial charge in [0, 0.05) is 36.4 Å². The Balaban J connectivity index is 1.46. The third kappa shape index (κ3) is 5.09. The fraction of sp³-hybridized carbons (Fsp3) is 0.371. The van der Waals surface area contributed by atoms with Gasteiger partial charge in [-0.15, -0.1) is 0 Å². The Morgan fingerprint density at radius 3 is 2.26 bits per heavy atom. The van der Waals surface area contributed by atoms with Crippen LogP contribution in [0, 0.1) is 39.5 Å². The lowest BCUT2D eigenvalue weighted by molar-refractivity contribution is 0.357. The predicted molar refractivity (Wildman–Crippen MR) is 179 cm³/mol. The number of benzene rings is 2. The summed E-state index contributed by atoms with van der Waals surface area (Å²) in [5, 5.41) is 5.07. The maximum absolute atomic E-state index is 7.06. The average Bonchev–Trinajstić information content (AvgIpc) is 3.43. The van der Waals surface area contributed by atoms with E-state index in [-0.39, 0.29) is 12.1 Å². The normalized spacial score (nSPS) is 22.5. The van der Waals surface area contributed by atoms with Crippen molar-refractivity contribution in [3.8, 4) is 5.69 Å². The Hall–Kier alpha value is -3.35. The number of hydrogen-bond donors (Lipinski definition) is 1. The molecule has 4 aromatic rings. The van der Waals surface area contributed by atoms with Crippen LogP contribution in [-0.4, -0.2) is 27.8 Å². The maximum atomic E-state index is 7.06. The van der Waals surface area contributed by atoms with Crippen LogP contribution in [0.5, 0.6) is 0 Å². The molecule has 42 heavy (non-hydrogen) atoms. The summed E-state index contributed by atoms with van der Waals surface area (Å²) >= 11 is 13.1. The molecule has 0 radical (unpaired) electrons. The highest BCUT2D eigenvalue weighted by Crippen LogP contribution is 2.45. The molecule has 2 saturated heterocycles. The summed E-state index contributed by atoms with van der Waals surface area (Å²) in [6.07, 6.45) is 3.11. The van der Waals surface area contributed by atoms with Crippen LogP contribution in [-0.2, 0) is 0 Å². The van der Waals surface area contributed by atoms with E-state index in [1.807, 2.05) is 18.3 Å². The minimum atomic E-state index is -0.118. The van der Waals surface area contributed by atoms with Gasteiger partial charge in [-0.25, -0.2) is 0 Å². The van der Waals surface area contributed by atoms with Crippen molar-refractivity contribution in [2.75, 3.05) is 22.9 Å². The summed E-state index contributed by atoms with van der Waals surface area (Å²) < 4.78 is 2.39. The van der Waals surface area contributed by atoms with Gasteiger partial charge in [-0.1, -0.05) is 49.7 Å². The number of pyridine rings is 1. The lowest BCUT2D eigenvalue weighted by atomic mass is 9.91. The molecule has 2 aromatic carbocycles. The molecule has 2 aromatic heterocycles. The minimum Gasteiger partial charge on any atom is -0.370 e. The van der Waals surface area contributed by atoms with E-state index < -0.39 is 0 Å². The average molecular weight is 598 g/mol. The summed E-state index contributed by atoms with van der Waals surface area (Å²) in [5.41, 5.74) is 10.4. The molecule has 0 spiro atoms. The smallest absolute Gasteiger partial charge is 0.174 e. The Morgan fingerprint density at radius 1 is 0.905 bits per heavy atom. The van der Waals surface area contributed by atoms with Gasteiger partial charge in [0.2, 0.25) is 0 Å². The van der Waals surface area contributed by atoms with Crippen molar-refractivity contribution in [2.24, 2.45) is 11.8 Å². The molecule has 5 nitrogen and oxygen atoms in total. The van der Waals surface area contributed by atoms with Crippen molar-refractivity contribution in [3.63, 3.8) is 0 Å². The van der Waals surface area contributed by atoms with Gasteiger partial charge in [0.15, 0.2) is 5.11 Å². The first-order valence-electron chi connectivity index (χ1n) is 14.9. The van der Waals surface area contributed by atoms with Crippen LogP contribution in [0.25, 0.3) is 5.69 Å². The number of thiocarbonyl (C=S) groups is 1. The van der Waals surface area contributed by atoms with Crippen molar-refractivity contribution in [1.29, 1.82) is 0 Å². The van der Waals surface area contributed by atoms with E-state index in [2.05, 4.69) is 110 Å². The van der Waals surface area contributed by atoms with Gasteiger partial charge in [0.1, 0.15) is 0 Å². The number of aryl methyl sites for hydroxylation is 3. The van der Waals surface area contributed by atoms with Gasteiger partial charge in [0.25, 0.3) is 0 Å². The topological polar surface area (TPSA) is 36.3 Å². The standard InChI is InChI=1S/C35H40ClN5S/c1-21-16-22(2)20-39(19-21)31-14-13-27(18-29(31)36)41-34(32(38-35(41)42)30-12-7-8-15-37-30)28-17-25(5)40(26(28)6)33-23(3)10-9-11-24(33)4/h7-15,17-18,21-22,32,34H,16,19-20H2,1-6H3,(H,38,42)/t21-,22+,32-,34+/m0/s1. The van der Waals surface area contributed by atoms with Crippen molar-refractivity contribution in [1.82, 2.24) is 14.9 Å². The van der Waals surface area contributed by atoms with Crippen LogP contribution in [0.4, 0.5) is 11.4 Å². The van der Waals surface area contributed by atoms with E-state index >= 15 is 0 Å². The molecule has 1 N–H and O–H groups in total. The highest BCUT2D eigenvalue weighted by atomic mass is 35.5. The first-order chi connectivity index (χ1) is 20.1. The van der Waals surface area contributed by atoms with E-state index in [0.29, 0.717) is 16.9 Å². The van der Waals surface area contributed by atoms with Gasteiger partial charge >= 0.3 is 0 Å².